The van der Waals surface area contributed by atoms with Gasteiger partial charge in [0.05, 0.1) is 18.1 Å². The van der Waals surface area contributed by atoms with Gasteiger partial charge in [-0.1, -0.05) is 66.2 Å². The van der Waals surface area contributed by atoms with Crippen LogP contribution in [0.5, 0.6) is 11.5 Å². The monoisotopic (exact) mass is 566 g/mol. The minimum atomic E-state index is -0.339. The Morgan fingerprint density at radius 2 is 1.73 bits per heavy atom. The maximum absolute atomic E-state index is 13.2. The molecule has 4 aromatic rings. The second kappa shape index (κ2) is 12.3. The molecule has 1 heterocycles. The molecule has 0 aliphatic carbocycles. The number of anilines is 1. The number of rotatable bonds is 9. The molecular weight excluding hydrogens is 536 g/mol. The first-order valence-corrected chi connectivity index (χ1v) is 14.1. The van der Waals surface area contributed by atoms with E-state index in [-0.39, 0.29) is 30.2 Å². The van der Waals surface area contributed by atoms with Gasteiger partial charge in [0, 0.05) is 5.69 Å². The van der Waals surface area contributed by atoms with Crippen LogP contribution in [0.15, 0.2) is 83.8 Å². The minimum absolute atomic E-state index is 0.195. The predicted octanol–water partition coefficient (Wildman–Crippen LogP) is 7.11. The first-order chi connectivity index (χ1) is 19.8. The number of ether oxygens (including phenoxy) is 2. The fourth-order valence-electron chi connectivity index (χ4n) is 4.67. The van der Waals surface area contributed by atoms with Crippen LogP contribution in [0.25, 0.3) is 16.8 Å². The fraction of sp³-hybridized carbons (Fsp3) is 0.182. The van der Waals surface area contributed by atoms with E-state index >= 15 is 0 Å². The standard InChI is InChI=1S/C33H30N2O5S/c1-4-39-29-17-23(13-15-28(29)40-20-31(36)34-27-14-12-21(2)16-22(27)3)18-30-32(37)35(33(38)41-30)19-25-10-7-9-24-8-5-6-11-26(24)25/h5-18H,4,19-20H2,1-3H3,(H,34,36)/b30-18-. The summed E-state index contributed by atoms with van der Waals surface area (Å²) in [6.07, 6.45) is 1.67. The third-order valence-electron chi connectivity index (χ3n) is 6.66. The van der Waals surface area contributed by atoms with Crippen molar-refractivity contribution in [3.63, 3.8) is 0 Å². The second-order valence-electron chi connectivity index (χ2n) is 9.70. The van der Waals surface area contributed by atoms with Gasteiger partial charge in [-0.15, -0.1) is 0 Å². The van der Waals surface area contributed by atoms with Crippen LogP contribution in [-0.4, -0.2) is 35.2 Å². The maximum atomic E-state index is 13.2. The van der Waals surface area contributed by atoms with Crippen LogP contribution in [0.3, 0.4) is 0 Å². The van der Waals surface area contributed by atoms with E-state index in [0.717, 1.165) is 44.9 Å². The van der Waals surface area contributed by atoms with E-state index in [1.54, 1.807) is 24.3 Å². The number of nitrogens with one attached hydrogen (secondary N) is 1. The van der Waals surface area contributed by atoms with E-state index in [9.17, 15) is 14.4 Å². The van der Waals surface area contributed by atoms with Crippen LogP contribution >= 0.6 is 11.8 Å². The lowest BCUT2D eigenvalue weighted by Crippen LogP contribution is -2.27. The summed E-state index contributed by atoms with van der Waals surface area (Å²) in [4.78, 5) is 40.2. The van der Waals surface area contributed by atoms with E-state index in [2.05, 4.69) is 5.32 Å². The normalized spacial score (nSPS) is 14.1. The summed E-state index contributed by atoms with van der Waals surface area (Å²) in [5.74, 6) is 0.219. The van der Waals surface area contributed by atoms with Gasteiger partial charge in [0.15, 0.2) is 18.1 Å². The first kappa shape index (κ1) is 28.0. The zero-order chi connectivity index (χ0) is 28.9. The Hall–Kier alpha value is -4.56. The largest absolute Gasteiger partial charge is 0.490 e. The van der Waals surface area contributed by atoms with E-state index in [1.807, 2.05) is 81.4 Å². The van der Waals surface area contributed by atoms with E-state index in [0.29, 0.717) is 28.6 Å². The summed E-state index contributed by atoms with van der Waals surface area (Å²) < 4.78 is 11.5. The van der Waals surface area contributed by atoms with E-state index < -0.39 is 0 Å². The maximum Gasteiger partial charge on any atom is 0.293 e. The molecule has 0 aromatic heterocycles. The van der Waals surface area contributed by atoms with Crippen molar-refractivity contribution >= 4 is 51.4 Å². The summed E-state index contributed by atoms with van der Waals surface area (Å²) in [7, 11) is 0. The van der Waals surface area contributed by atoms with Gasteiger partial charge in [0.1, 0.15) is 0 Å². The Kier molecular flexibility index (Phi) is 8.40. The number of hydrogen-bond acceptors (Lipinski definition) is 6. The van der Waals surface area contributed by atoms with Crippen molar-refractivity contribution in [3.05, 3.63) is 106 Å². The molecule has 0 atom stereocenters. The van der Waals surface area contributed by atoms with Crippen molar-refractivity contribution in [2.24, 2.45) is 0 Å². The molecule has 0 saturated carbocycles. The molecule has 208 valence electrons. The molecular formula is C33H30N2O5S. The van der Waals surface area contributed by atoms with Gasteiger partial charge in [-0.3, -0.25) is 19.3 Å². The molecule has 5 rings (SSSR count). The van der Waals surface area contributed by atoms with E-state index in [4.69, 9.17) is 9.47 Å². The molecule has 1 aliphatic rings. The lowest BCUT2D eigenvalue weighted by Gasteiger charge is -2.14. The lowest BCUT2D eigenvalue weighted by molar-refractivity contribution is -0.123. The van der Waals surface area contributed by atoms with Gasteiger partial charge in [-0.05, 0) is 84.3 Å². The van der Waals surface area contributed by atoms with Crippen molar-refractivity contribution in [2.45, 2.75) is 27.3 Å². The van der Waals surface area contributed by atoms with Crippen molar-refractivity contribution in [1.82, 2.24) is 4.90 Å². The Morgan fingerprint density at radius 1 is 0.927 bits per heavy atom. The third kappa shape index (κ3) is 6.44. The number of amides is 3. The predicted molar refractivity (Wildman–Crippen MR) is 163 cm³/mol. The summed E-state index contributed by atoms with van der Waals surface area (Å²) in [5, 5.41) is 4.62. The van der Waals surface area contributed by atoms with E-state index in [1.165, 1.54) is 4.90 Å². The molecule has 8 heteroatoms. The zero-order valence-electron chi connectivity index (χ0n) is 23.1. The van der Waals surface area contributed by atoms with Gasteiger partial charge in [-0.25, -0.2) is 0 Å². The van der Waals surface area contributed by atoms with Gasteiger partial charge < -0.3 is 14.8 Å². The van der Waals surface area contributed by atoms with Crippen molar-refractivity contribution < 1.29 is 23.9 Å². The molecule has 1 aliphatic heterocycles. The number of carbonyl (C=O) groups excluding carboxylic acids is 3. The molecule has 1 N–H and O–H groups in total. The average Bonchev–Trinajstić information content (AvgIpc) is 3.21. The summed E-state index contributed by atoms with van der Waals surface area (Å²) in [6.45, 7) is 6.17. The average molecular weight is 567 g/mol. The van der Waals surface area contributed by atoms with Gasteiger partial charge in [0.2, 0.25) is 0 Å². The van der Waals surface area contributed by atoms with Crippen molar-refractivity contribution in [1.29, 1.82) is 0 Å². The van der Waals surface area contributed by atoms with Crippen LogP contribution in [0.4, 0.5) is 10.5 Å². The number of thioether (sulfide) groups is 1. The topological polar surface area (TPSA) is 84.9 Å². The molecule has 0 bridgehead atoms. The highest BCUT2D eigenvalue weighted by molar-refractivity contribution is 8.18. The molecule has 0 radical (unpaired) electrons. The SMILES string of the molecule is CCOc1cc(/C=C2\SC(=O)N(Cc3cccc4ccccc34)C2=O)ccc1OCC(=O)Nc1ccc(C)cc1C. The quantitative estimate of drug-likeness (QED) is 0.217. The van der Waals surface area contributed by atoms with Gasteiger partial charge in [-0.2, -0.15) is 0 Å². The lowest BCUT2D eigenvalue weighted by atomic mass is 10.0. The third-order valence-corrected chi connectivity index (χ3v) is 7.57. The Bertz CT molecular complexity index is 1670. The molecule has 7 nitrogen and oxygen atoms in total. The Labute approximate surface area is 243 Å². The molecule has 0 unspecified atom stereocenters. The number of nitrogens with zero attached hydrogens (tertiary/aromatic N) is 1. The number of benzene rings is 4. The summed E-state index contributed by atoms with van der Waals surface area (Å²) in [6, 6.07) is 24.8. The zero-order valence-corrected chi connectivity index (χ0v) is 23.9. The highest BCUT2D eigenvalue weighted by atomic mass is 32.2. The van der Waals surface area contributed by atoms with Crippen molar-refractivity contribution in [2.75, 3.05) is 18.5 Å². The van der Waals surface area contributed by atoms with Gasteiger partial charge in [0.25, 0.3) is 17.1 Å². The first-order valence-electron chi connectivity index (χ1n) is 13.3. The summed E-state index contributed by atoms with van der Waals surface area (Å²) in [5.41, 5.74) is 4.41. The Morgan fingerprint density at radius 3 is 2.54 bits per heavy atom. The smallest absolute Gasteiger partial charge is 0.293 e. The molecule has 1 fully saturated rings. The molecule has 4 aromatic carbocycles. The fourth-order valence-corrected chi connectivity index (χ4v) is 5.51. The number of hydrogen-bond donors (Lipinski definition) is 1. The highest BCUT2D eigenvalue weighted by Gasteiger charge is 2.35. The van der Waals surface area contributed by atoms with Crippen LogP contribution in [0.2, 0.25) is 0 Å². The molecule has 3 amide bonds. The van der Waals surface area contributed by atoms with Crippen LogP contribution < -0.4 is 14.8 Å². The molecule has 41 heavy (non-hydrogen) atoms. The highest BCUT2D eigenvalue weighted by Crippen LogP contribution is 2.36. The number of fused-ring (bicyclic) bond motifs is 1. The Balaban J connectivity index is 1.28. The number of imide groups is 1. The van der Waals surface area contributed by atoms with Gasteiger partial charge >= 0.3 is 0 Å². The summed E-state index contributed by atoms with van der Waals surface area (Å²) >= 11 is 0.915. The van der Waals surface area contributed by atoms with Crippen molar-refractivity contribution in [3.8, 4) is 11.5 Å². The van der Waals surface area contributed by atoms with Crippen LogP contribution in [0, 0.1) is 13.8 Å². The second-order valence-corrected chi connectivity index (χ2v) is 10.7. The minimum Gasteiger partial charge on any atom is -0.490 e. The molecule has 1 saturated heterocycles. The molecule has 0 spiro atoms. The number of aryl methyl sites for hydroxylation is 2. The van der Waals surface area contributed by atoms with Crippen LogP contribution in [0.1, 0.15) is 29.2 Å². The van der Waals surface area contributed by atoms with Crippen LogP contribution in [-0.2, 0) is 16.1 Å². The number of carbonyl (C=O) groups is 3.